The van der Waals surface area contributed by atoms with Crippen molar-refractivity contribution in [2.45, 2.75) is 58.7 Å². The van der Waals surface area contributed by atoms with Crippen molar-refractivity contribution in [3.63, 3.8) is 0 Å². The van der Waals surface area contributed by atoms with Crippen molar-refractivity contribution in [1.29, 1.82) is 0 Å². The molecule has 1 aliphatic heterocycles. The van der Waals surface area contributed by atoms with Crippen LogP contribution in [0.3, 0.4) is 0 Å². The summed E-state index contributed by atoms with van der Waals surface area (Å²) in [4.78, 5) is 25.9. The van der Waals surface area contributed by atoms with Crippen molar-refractivity contribution in [3.05, 3.63) is 28.2 Å². The van der Waals surface area contributed by atoms with Crippen molar-refractivity contribution in [1.82, 2.24) is 5.32 Å². The maximum atomic E-state index is 12.1. The Morgan fingerprint density at radius 2 is 2.00 bits per heavy atom. The van der Waals surface area contributed by atoms with E-state index in [2.05, 4.69) is 21.2 Å². The molecule has 2 amide bonds. The Balaban J connectivity index is 2.32. The first-order chi connectivity index (χ1) is 10.6. The van der Waals surface area contributed by atoms with Gasteiger partial charge in [0.05, 0.1) is 6.04 Å². The van der Waals surface area contributed by atoms with E-state index < -0.39 is 11.7 Å². The van der Waals surface area contributed by atoms with E-state index in [1.165, 1.54) is 0 Å². The molecule has 6 heteroatoms. The number of hydrogen-bond donors (Lipinski definition) is 1. The Kier molecular flexibility index (Phi) is 5.04. The molecule has 0 saturated carbocycles. The smallest absolute Gasteiger partial charge is 0.408 e. The number of ether oxygens (including phenoxy) is 1. The number of carbonyl (C=O) groups excluding carboxylic acids is 2. The van der Waals surface area contributed by atoms with Crippen molar-refractivity contribution >= 4 is 33.6 Å². The molecule has 0 unspecified atom stereocenters. The van der Waals surface area contributed by atoms with Gasteiger partial charge in [-0.2, -0.15) is 0 Å². The van der Waals surface area contributed by atoms with E-state index >= 15 is 0 Å². The number of anilines is 1. The van der Waals surface area contributed by atoms with Crippen molar-refractivity contribution in [2.75, 3.05) is 4.90 Å². The summed E-state index contributed by atoms with van der Waals surface area (Å²) in [6.07, 6.45) is 0.194. The average molecular weight is 383 g/mol. The second kappa shape index (κ2) is 6.51. The number of alkyl carbamates (subject to hydrolysis) is 1. The standard InChI is InChI=1S/C17H23BrN2O3/c1-10-8-14(19-16(22)23-17(3,4)5)13-9-12(18)6-7-15(13)20(10)11(2)21/h6-7,9-10,14H,8H2,1-5H3,(H,19,22)/t10-,14+/m1/s1. The number of nitrogens with one attached hydrogen (secondary N) is 1. The van der Waals surface area contributed by atoms with Crippen LogP contribution in [0.25, 0.3) is 0 Å². The van der Waals surface area contributed by atoms with Gasteiger partial charge in [0.25, 0.3) is 0 Å². The van der Waals surface area contributed by atoms with Gasteiger partial charge in [0.2, 0.25) is 5.91 Å². The minimum Gasteiger partial charge on any atom is -0.444 e. The molecule has 1 heterocycles. The van der Waals surface area contributed by atoms with Gasteiger partial charge in [0, 0.05) is 23.1 Å². The van der Waals surface area contributed by atoms with Crippen LogP contribution in [-0.2, 0) is 9.53 Å². The molecule has 0 saturated heterocycles. The number of nitrogens with zero attached hydrogens (tertiary/aromatic N) is 1. The van der Waals surface area contributed by atoms with Gasteiger partial charge >= 0.3 is 6.09 Å². The lowest BCUT2D eigenvalue weighted by Crippen LogP contribution is -2.46. The fourth-order valence-electron chi connectivity index (χ4n) is 2.90. The monoisotopic (exact) mass is 382 g/mol. The Morgan fingerprint density at radius 1 is 1.35 bits per heavy atom. The summed E-state index contributed by atoms with van der Waals surface area (Å²) in [5.74, 6) is -0.00297. The molecule has 0 spiro atoms. The molecule has 1 aliphatic rings. The molecule has 5 nitrogen and oxygen atoms in total. The first-order valence-electron chi connectivity index (χ1n) is 7.67. The molecule has 23 heavy (non-hydrogen) atoms. The Labute approximate surface area is 145 Å². The summed E-state index contributed by atoms with van der Waals surface area (Å²) >= 11 is 3.46. The third kappa shape index (κ3) is 4.25. The molecule has 2 rings (SSSR count). The number of amides is 2. The first kappa shape index (κ1) is 17.8. The highest BCUT2D eigenvalue weighted by atomic mass is 79.9. The highest BCUT2D eigenvalue weighted by molar-refractivity contribution is 9.10. The number of hydrogen-bond acceptors (Lipinski definition) is 3. The van der Waals surface area contributed by atoms with Crippen molar-refractivity contribution in [3.8, 4) is 0 Å². The second-order valence-corrected chi connectivity index (χ2v) is 7.79. The molecule has 1 aromatic carbocycles. The van der Waals surface area contributed by atoms with E-state index in [-0.39, 0.29) is 18.0 Å². The Hall–Kier alpha value is -1.56. The van der Waals surface area contributed by atoms with Gasteiger partial charge in [-0.15, -0.1) is 0 Å². The van der Waals surface area contributed by atoms with Gasteiger partial charge in [-0.3, -0.25) is 4.79 Å². The van der Waals surface area contributed by atoms with Crippen LogP contribution in [0.2, 0.25) is 0 Å². The number of rotatable bonds is 1. The molecular weight excluding hydrogens is 360 g/mol. The maximum Gasteiger partial charge on any atom is 0.408 e. The molecule has 0 aromatic heterocycles. The lowest BCUT2D eigenvalue weighted by molar-refractivity contribution is -0.117. The van der Waals surface area contributed by atoms with E-state index in [1.54, 1.807) is 11.8 Å². The fourth-order valence-corrected chi connectivity index (χ4v) is 3.28. The summed E-state index contributed by atoms with van der Waals surface area (Å²) < 4.78 is 6.26. The van der Waals surface area contributed by atoms with Crippen LogP contribution in [0.15, 0.2) is 22.7 Å². The molecule has 1 N–H and O–H groups in total. The number of halogens is 1. The molecule has 2 atom stereocenters. The third-order valence-corrected chi connectivity index (χ3v) is 4.17. The van der Waals surface area contributed by atoms with Gasteiger partial charge in [-0.1, -0.05) is 15.9 Å². The van der Waals surface area contributed by atoms with E-state index in [0.29, 0.717) is 6.42 Å². The zero-order valence-electron chi connectivity index (χ0n) is 14.1. The van der Waals surface area contributed by atoms with E-state index in [4.69, 9.17) is 4.74 Å². The summed E-state index contributed by atoms with van der Waals surface area (Å²) in [5, 5.41) is 2.93. The van der Waals surface area contributed by atoms with Gasteiger partial charge in [-0.25, -0.2) is 4.79 Å². The van der Waals surface area contributed by atoms with Crippen LogP contribution in [0.1, 0.15) is 52.6 Å². The molecular formula is C17H23BrN2O3. The van der Waals surface area contributed by atoms with Crippen LogP contribution >= 0.6 is 15.9 Å². The van der Waals surface area contributed by atoms with E-state index in [0.717, 1.165) is 15.7 Å². The molecule has 1 aromatic rings. The van der Waals surface area contributed by atoms with Gasteiger partial charge in [0.1, 0.15) is 5.60 Å². The van der Waals surface area contributed by atoms with E-state index in [9.17, 15) is 9.59 Å². The number of fused-ring (bicyclic) bond motifs is 1. The van der Waals surface area contributed by atoms with Gasteiger partial charge in [-0.05, 0) is 57.9 Å². The van der Waals surface area contributed by atoms with Gasteiger partial charge in [0.15, 0.2) is 0 Å². The fraction of sp³-hybridized carbons (Fsp3) is 0.529. The maximum absolute atomic E-state index is 12.1. The van der Waals surface area contributed by atoms with Crippen LogP contribution in [0.4, 0.5) is 10.5 Å². The SMILES string of the molecule is CC(=O)N1c2ccc(Br)cc2[C@@H](NC(=O)OC(C)(C)C)C[C@H]1C. The lowest BCUT2D eigenvalue weighted by Gasteiger charge is -2.39. The summed E-state index contributed by atoms with van der Waals surface area (Å²) in [5.41, 5.74) is 1.20. The van der Waals surface area contributed by atoms with Crippen LogP contribution in [0.5, 0.6) is 0 Å². The van der Waals surface area contributed by atoms with Crippen LogP contribution < -0.4 is 10.2 Å². The first-order valence-corrected chi connectivity index (χ1v) is 8.46. The zero-order chi connectivity index (χ0) is 17.4. The quantitative estimate of drug-likeness (QED) is 0.792. The highest BCUT2D eigenvalue weighted by Crippen LogP contribution is 2.38. The Morgan fingerprint density at radius 3 is 2.57 bits per heavy atom. The summed E-state index contributed by atoms with van der Waals surface area (Å²) in [6.45, 7) is 9.04. The molecule has 0 fully saturated rings. The van der Waals surface area contributed by atoms with Crippen LogP contribution in [-0.4, -0.2) is 23.6 Å². The molecule has 0 bridgehead atoms. The zero-order valence-corrected chi connectivity index (χ0v) is 15.7. The topological polar surface area (TPSA) is 58.6 Å². The molecule has 0 aliphatic carbocycles. The summed E-state index contributed by atoms with van der Waals surface area (Å²) in [7, 11) is 0. The third-order valence-electron chi connectivity index (χ3n) is 3.67. The predicted molar refractivity (Wildman–Crippen MR) is 93.5 cm³/mol. The summed E-state index contributed by atoms with van der Waals surface area (Å²) in [6, 6.07) is 5.56. The predicted octanol–water partition coefficient (Wildman–Crippen LogP) is 4.16. The van der Waals surface area contributed by atoms with Crippen LogP contribution in [0, 0.1) is 0 Å². The second-order valence-electron chi connectivity index (χ2n) is 6.88. The largest absolute Gasteiger partial charge is 0.444 e. The Bertz CT molecular complexity index is 625. The average Bonchev–Trinajstić information content (AvgIpc) is 2.36. The molecule has 126 valence electrons. The van der Waals surface area contributed by atoms with E-state index in [1.807, 2.05) is 45.9 Å². The number of benzene rings is 1. The highest BCUT2D eigenvalue weighted by Gasteiger charge is 2.34. The van der Waals surface area contributed by atoms with Gasteiger partial charge < -0.3 is 15.0 Å². The molecule has 0 radical (unpaired) electrons. The lowest BCUT2D eigenvalue weighted by atomic mass is 9.91. The minimum atomic E-state index is -0.546. The normalized spacial score (nSPS) is 20.7. The number of carbonyl (C=O) groups is 2. The van der Waals surface area contributed by atoms with Crippen molar-refractivity contribution < 1.29 is 14.3 Å². The van der Waals surface area contributed by atoms with Crippen molar-refractivity contribution in [2.24, 2.45) is 0 Å². The minimum absolute atomic E-state index is 0.00103.